The Morgan fingerprint density at radius 3 is 1.58 bits per heavy atom. The predicted octanol–water partition coefficient (Wildman–Crippen LogP) is 5.57. The van der Waals surface area contributed by atoms with Crippen molar-refractivity contribution in [3.63, 3.8) is 0 Å². The molecule has 1 N–H and O–H groups in total. The van der Waals surface area contributed by atoms with Crippen LogP contribution in [0.1, 0.15) is 47.1 Å². The molecule has 0 aromatic heterocycles. The topological polar surface area (TPSA) is 36.3 Å². The zero-order chi connectivity index (χ0) is 19.9. The maximum absolute atomic E-state index is 8.82. The molecule has 3 nitrogen and oxygen atoms in total. The summed E-state index contributed by atoms with van der Waals surface area (Å²) in [6.45, 7) is 13.0. The third-order valence-corrected chi connectivity index (χ3v) is 5.04. The van der Waals surface area contributed by atoms with E-state index in [0.717, 1.165) is 22.4 Å². The van der Waals surface area contributed by atoms with Gasteiger partial charge in [0, 0.05) is 26.9 Å². The minimum absolute atomic E-state index is 0.130. The Morgan fingerprint density at radius 2 is 1.27 bits per heavy atom. The van der Waals surface area contributed by atoms with Gasteiger partial charge in [-0.05, 0) is 51.8 Å². The molecule has 0 fully saturated rings. The van der Waals surface area contributed by atoms with Gasteiger partial charge in [-0.15, -0.1) is 0 Å². The molecule has 1 aromatic carbocycles. The lowest BCUT2D eigenvalue weighted by Crippen LogP contribution is -2.36. The van der Waals surface area contributed by atoms with Crippen LogP contribution in [0.15, 0.2) is 47.6 Å². The molecule has 142 valence electrons. The number of ether oxygens (including phenoxy) is 1. The summed E-state index contributed by atoms with van der Waals surface area (Å²) in [4.78, 5) is 2.09. The van der Waals surface area contributed by atoms with E-state index >= 15 is 0 Å². The van der Waals surface area contributed by atoms with Gasteiger partial charge in [-0.25, -0.2) is 0 Å². The fourth-order valence-electron chi connectivity index (χ4n) is 3.37. The summed E-state index contributed by atoms with van der Waals surface area (Å²) in [5, 5.41) is 8.82. The first-order valence-corrected chi connectivity index (χ1v) is 9.21. The highest BCUT2D eigenvalue weighted by molar-refractivity contribution is 6.13. The Balaban J connectivity index is 2.71. The van der Waals surface area contributed by atoms with Gasteiger partial charge >= 0.3 is 0 Å². The van der Waals surface area contributed by atoms with E-state index in [1.165, 1.54) is 0 Å². The zero-order valence-corrected chi connectivity index (χ0v) is 17.8. The fraction of sp³-hybridized carbons (Fsp3) is 0.522. The van der Waals surface area contributed by atoms with Gasteiger partial charge in [0.15, 0.2) is 0 Å². The predicted molar refractivity (Wildman–Crippen MR) is 112 cm³/mol. The molecule has 3 heteroatoms. The lowest BCUT2D eigenvalue weighted by atomic mass is 9.68. The van der Waals surface area contributed by atoms with Gasteiger partial charge in [-0.1, -0.05) is 53.7 Å². The van der Waals surface area contributed by atoms with Crippen molar-refractivity contribution in [2.24, 2.45) is 10.8 Å². The van der Waals surface area contributed by atoms with Gasteiger partial charge in [-0.3, -0.25) is 0 Å². The van der Waals surface area contributed by atoms with Gasteiger partial charge in [0.25, 0.3) is 0 Å². The van der Waals surface area contributed by atoms with Crippen molar-refractivity contribution in [3.8, 4) is 0 Å². The Hall–Kier alpha value is -1.87. The molecule has 0 aliphatic heterocycles. The molecule has 0 bridgehead atoms. The SMILES string of the molecule is COC1(c2ccc(N(C)C)cc2)C=C(C(C)(C)C)C(=N)C(C(C)(C)C)=C1. The van der Waals surface area contributed by atoms with Crippen molar-refractivity contribution >= 4 is 11.4 Å². The summed E-state index contributed by atoms with van der Waals surface area (Å²) in [5.41, 5.74) is 4.02. The normalized spacial score (nSPS) is 21.3. The number of methoxy groups -OCH3 is 1. The smallest absolute Gasteiger partial charge is 0.130 e. The van der Waals surface area contributed by atoms with Crippen LogP contribution in [0.5, 0.6) is 0 Å². The highest BCUT2D eigenvalue weighted by atomic mass is 16.5. The number of nitrogens with zero attached hydrogens (tertiary/aromatic N) is 1. The van der Waals surface area contributed by atoms with E-state index in [4.69, 9.17) is 10.1 Å². The maximum atomic E-state index is 8.82. The second-order valence-corrected chi connectivity index (χ2v) is 9.43. The van der Waals surface area contributed by atoms with E-state index in [2.05, 4.69) is 82.9 Å². The average Bonchev–Trinajstić information content (AvgIpc) is 2.53. The van der Waals surface area contributed by atoms with Gasteiger partial charge in [-0.2, -0.15) is 0 Å². The summed E-state index contributed by atoms with van der Waals surface area (Å²) in [5.74, 6) is 0. The highest BCUT2D eigenvalue weighted by Gasteiger charge is 2.40. The standard InChI is InChI=1S/C23H34N2O/c1-21(2,3)18-14-23(26-9,15-19(20(18)24)22(4,5)6)16-10-12-17(13-11-16)25(7)8/h10-15,24H,1-9H3. The molecule has 0 unspecified atom stereocenters. The third kappa shape index (κ3) is 3.78. The molecule has 1 aliphatic rings. The number of nitrogens with one attached hydrogen (secondary N) is 1. The lowest BCUT2D eigenvalue weighted by molar-refractivity contribution is 0.0690. The Kier molecular flexibility index (Phi) is 5.26. The summed E-state index contributed by atoms with van der Waals surface area (Å²) in [6, 6.07) is 8.49. The molecule has 0 atom stereocenters. The van der Waals surface area contributed by atoms with Crippen molar-refractivity contribution in [3.05, 3.63) is 53.1 Å². The Morgan fingerprint density at radius 1 is 0.846 bits per heavy atom. The quantitative estimate of drug-likeness (QED) is 0.770. The van der Waals surface area contributed by atoms with E-state index in [0.29, 0.717) is 5.71 Å². The molecule has 2 rings (SSSR count). The van der Waals surface area contributed by atoms with Crippen LogP contribution in [0, 0.1) is 16.2 Å². The Labute approximate surface area is 159 Å². The lowest BCUT2D eigenvalue weighted by Gasteiger charge is -2.40. The molecule has 0 radical (unpaired) electrons. The second kappa shape index (κ2) is 6.70. The number of anilines is 1. The first-order valence-electron chi connectivity index (χ1n) is 9.21. The second-order valence-electron chi connectivity index (χ2n) is 9.43. The number of hydrogen-bond donors (Lipinski definition) is 1. The van der Waals surface area contributed by atoms with Crippen molar-refractivity contribution in [1.29, 1.82) is 5.41 Å². The molecule has 26 heavy (non-hydrogen) atoms. The van der Waals surface area contributed by atoms with E-state index in [1.54, 1.807) is 7.11 Å². The zero-order valence-electron chi connectivity index (χ0n) is 17.8. The average molecular weight is 355 g/mol. The van der Waals surface area contributed by atoms with E-state index in [9.17, 15) is 0 Å². The molecular formula is C23H34N2O. The molecule has 0 spiro atoms. The number of rotatable bonds is 3. The van der Waals surface area contributed by atoms with Crippen LogP contribution in [-0.4, -0.2) is 26.9 Å². The molecule has 0 saturated carbocycles. The van der Waals surface area contributed by atoms with Crippen molar-refractivity contribution in [1.82, 2.24) is 0 Å². The molecule has 1 aliphatic carbocycles. The van der Waals surface area contributed by atoms with E-state index < -0.39 is 5.60 Å². The minimum Gasteiger partial charge on any atom is -0.378 e. The number of allylic oxidation sites excluding steroid dienone is 2. The van der Waals surface area contributed by atoms with E-state index in [1.807, 2.05) is 14.1 Å². The number of hydrogen-bond acceptors (Lipinski definition) is 3. The summed E-state index contributed by atoms with van der Waals surface area (Å²) < 4.78 is 6.10. The summed E-state index contributed by atoms with van der Waals surface area (Å²) in [6.07, 6.45) is 4.27. The highest BCUT2D eigenvalue weighted by Crippen LogP contribution is 2.45. The van der Waals surface area contributed by atoms with Crippen LogP contribution in [0.2, 0.25) is 0 Å². The van der Waals surface area contributed by atoms with Gasteiger partial charge < -0.3 is 15.0 Å². The largest absolute Gasteiger partial charge is 0.378 e. The van der Waals surface area contributed by atoms with E-state index in [-0.39, 0.29) is 10.8 Å². The van der Waals surface area contributed by atoms with Crippen molar-refractivity contribution < 1.29 is 4.74 Å². The minimum atomic E-state index is -0.652. The van der Waals surface area contributed by atoms with Crippen LogP contribution in [0.4, 0.5) is 5.69 Å². The summed E-state index contributed by atoms with van der Waals surface area (Å²) >= 11 is 0. The van der Waals surface area contributed by atoms with Gasteiger partial charge in [0.05, 0.1) is 5.71 Å². The van der Waals surface area contributed by atoms with Gasteiger partial charge in [0.2, 0.25) is 0 Å². The van der Waals surface area contributed by atoms with Crippen LogP contribution >= 0.6 is 0 Å². The van der Waals surface area contributed by atoms with Crippen molar-refractivity contribution in [2.75, 3.05) is 26.1 Å². The summed E-state index contributed by atoms with van der Waals surface area (Å²) in [7, 11) is 5.83. The van der Waals surface area contributed by atoms with Gasteiger partial charge in [0.1, 0.15) is 5.60 Å². The number of benzene rings is 1. The van der Waals surface area contributed by atoms with Crippen molar-refractivity contribution in [2.45, 2.75) is 47.1 Å². The first-order chi connectivity index (χ1) is 11.8. The Bertz CT molecular complexity index is 704. The third-order valence-electron chi connectivity index (χ3n) is 5.04. The van der Waals surface area contributed by atoms with Crippen LogP contribution in [0.3, 0.4) is 0 Å². The fourth-order valence-corrected chi connectivity index (χ4v) is 3.37. The monoisotopic (exact) mass is 354 g/mol. The van der Waals surface area contributed by atoms with Crippen LogP contribution in [-0.2, 0) is 10.3 Å². The molecule has 0 saturated heterocycles. The van der Waals surface area contributed by atoms with Crippen LogP contribution in [0.25, 0.3) is 0 Å². The molecule has 0 heterocycles. The maximum Gasteiger partial charge on any atom is 0.130 e. The molecule has 0 amide bonds. The first kappa shape index (κ1) is 20.4. The molecule has 1 aromatic rings. The molecular weight excluding hydrogens is 320 g/mol. The van der Waals surface area contributed by atoms with Crippen LogP contribution < -0.4 is 4.90 Å².